The predicted molar refractivity (Wildman–Crippen MR) is 117 cm³/mol. The molecule has 3 rings (SSSR count). The average molecular weight is 412 g/mol. The molecule has 0 bridgehead atoms. The first-order chi connectivity index (χ1) is 14.1. The van der Waals surface area contributed by atoms with E-state index in [0.29, 0.717) is 12.0 Å². The monoisotopic (exact) mass is 411 g/mol. The zero-order valence-corrected chi connectivity index (χ0v) is 17.1. The Morgan fingerprint density at radius 3 is 2.66 bits per heavy atom. The van der Waals surface area contributed by atoms with Crippen LogP contribution in [0, 0.1) is 5.92 Å². The molecule has 0 atom stereocenters. The summed E-state index contributed by atoms with van der Waals surface area (Å²) in [6.45, 7) is 6.29. The van der Waals surface area contributed by atoms with Crippen LogP contribution in [0.5, 0.6) is 5.75 Å². The lowest BCUT2D eigenvalue weighted by molar-refractivity contribution is -0.126. The lowest BCUT2D eigenvalue weighted by atomic mass is 9.96. The number of hydrazone groups is 1. The minimum Gasteiger partial charge on any atom is -0.507 e. The predicted octanol–water partition coefficient (Wildman–Crippen LogP) is 4.14. The lowest BCUT2D eigenvalue weighted by Gasteiger charge is -2.30. The SMILES string of the molecule is C=CCc1cccc(/C=N/NC(=O)C2CCN(Cc3ccc(Cl)cc3)CC2)c1O. The van der Waals surface area contributed by atoms with Crippen molar-refractivity contribution in [2.45, 2.75) is 25.8 Å². The number of aromatic hydroxyl groups is 1. The molecule has 1 fully saturated rings. The fraction of sp³-hybridized carbons (Fsp3) is 0.304. The zero-order valence-electron chi connectivity index (χ0n) is 16.4. The maximum Gasteiger partial charge on any atom is 0.243 e. The zero-order chi connectivity index (χ0) is 20.6. The standard InChI is InChI=1S/C23H26ClN3O2/c1-2-4-18-5-3-6-20(22(18)28)15-25-26-23(29)19-11-13-27(14-12-19)16-17-7-9-21(24)10-8-17/h2-3,5-10,15,19,28H,1,4,11-14,16H2,(H,26,29)/b25-15+. The van der Waals surface area contributed by atoms with Crippen molar-refractivity contribution in [3.8, 4) is 5.75 Å². The van der Waals surface area contributed by atoms with E-state index in [1.54, 1.807) is 12.1 Å². The smallest absolute Gasteiger partial charge is 0.243 e. The summed E-state index contributed by atoms with van der Waals surface area (Å²) in [7, 11) is 0. The molecule has 1 amide bonds. The normalized spacial score (nSPS) is 15.5. The van der Waals surface area contributed by atoms with Crippen molar-refractivity contribution in [2.24, 2.45) is 11.0 Å². The molecular formula is C23H26ClN3O2. The minimum absolute atomic E-state index is 0.0469. The highest BCUT2D eigenvalue weighted by Crippen LogP contribution is 2.22. The average Bonchev–Trinajstić information content (AvgIpc) is 2.73. The van der Waals surface area contributed by atoms with Crippen LogP contribution in [0.2, 0.25) is 5.02 Å². The number of phenolic OH excluding ortho intramolecular Hbond substituents is 1. The molecular weight excluding hydrogens is 386 g/mol. The molecule has 2 aromatic carbocycles. The van der Waals surface area contributed by atoms with Crippen LogP contribution in [0.1, 0.15) is 29.5 Å². The maximum absolute atomic E-state index is 12.4. The minimum atomic E-state index is -0.0749. The van der Waals surface area contributed by atoms with Gasteiger partial charge >= 0.3 is 0 Å². The highest BCUT2D eigenvalue weighted by molar-refractivity contribution is 6.30. The van der Waals surface area contributed by atoms with Gasteiger partial charge in [-0.15, -0.1) is 6.58 Å². The van der Waals surface area contributed by atoms with E-state index >= 15 is 0 Å². The molecule has 1 aliphatic heterocycles. The van der Waals surface area contributed by atoms with Crippen molar-refractivity contribution in [3.05, 3.63) is 76.8 Å². The van der Waals surface area contributed by atoms with Crippen LogP contribution in [-0.4, -0.2) is 35.2 Å². The number of hydrogen-bond acceptors (Lipinski definition) is 4. The van der Waals surface area contributed by atoms with E-state index in [1.165, 1.54) is 11.8 Å². The largest absolute Gasteiger partial charge is 0.507 e. The third-order valence-electron chi connectivity index (χ3n) is 5.17. The summed E-state index contributed by atoms with van der Waals surface area (Å²) in [4.78, 5) is 14.8. The first-order valence-corrected chi connectivity index (χ1v) is 10.2. The fourth-order valence-electron chi connectivity index (χ4n) is 3.49. The number of hydrogen-bond donors (Lipinski definition) is 2. The maximum atomic E-state index is 12.4. The number of amides is 1. The van der Waals surface area contributed by atoms with Crippen molar-refractivity contribution in [3.63, 3.8) is 0 Å². The van der Waals surface area contributed by atoms with Crippen LogP contribution in [0.4, 0.5) is 0 Å². The summed E-state index contributed by atoms with van der Waals surface area (Å²) in [6, 6.07) is 13.3. The van der Waals surface area contributed by atoms with Gasteiger partial charge in [0, 0.05) is 23.0 Å². The molecule has 0 saturated carbocycles. The van der Waals surface area contributed by atoms with E-state index in [9.17, 15) is 9.90 Å². The van der Waals surface area contributed by atoms with Crippen molar-refractivity contribution in [1.29, 1.82) is 0 Å². The van der Waals surface area contributed by atoms with Crippen molar-refractivity contribution < 1.29 is 9.90 Å². The number of likely N-dealkylation sites (tertiary alicyclic amines) is 1. The molecule has 0 aliphatic carbocycles. The molecule has 2 N–H and O–H groups in total. The fourth-order valence-corrected chi connectivity index (χ4v) is 3.62. The number of allylic oxidation sites excluding steroid dienone is 1. The first kappa shape index (κ1) is 21.1. The molecule has 0 radical (unpaired) electrons. The number of benzene rings is 2. The Kier molecular flexibility index (Phi) is 7.44. The van der Waals surface area contributed by atoms with Gasteiger partial charge in [-0.25, -0.2) is 5.43 Å². The third kappa shape index (κ3) is 5.92. The van der Waals surface area contributed by atoms with Crippen molar-refractivity contribution in [1.82, 2.24) is 10.3 Å². The second-order valence-corrected chi connectivity index (χ2v) is 7.70. The van der Waals surface area contributed by atoms with E-state index in [1.807, 2.05) is 36.4 Å². The Balaban J connectivity index is 1.47. The number of nitrogens with zero attached hydrogens (tertiary/aromatic N) is 2. The lowest BCUT2D eigenvalue weighted by Crippen LogP contribution is -2.39. The van der Waals surface area contributed by atoms with Crippen LogP contribution in [0.3, 0.4) is 0 Å². The Bertz CT molecular complexity index is 872. The van der Waals surface area contributed by atoms with Crippen molar-refractivity contribution in [2.75, 3.05) is 13.1 Å². The van der Waals surface area contributed by atoms with Crippen LogP contribution in [0.15, 0.2) is 60.2 Å². The van der Waals surface area contributed by atoms with Gasteiger partial charge < -0.3 is 5.11 Å². The van der Waals surface area contributed by atoms with Gasteiger partial charge in [0.2, 0.25) is 5.91 Å². The molecule has 1 heterocycles. The molecule has 1 saturated heterocycles. The van der Waals surface area contributed by atoms with Gasteiger partial charge in [-0.05, 0) is 61.7 Å². The molecule has 1 aliphatic rings. The Hall–Kier alpha value is -2.63. The van der Waals surface area contributed by atoms with Crippen LogP contribution in [-0.2, 0) is 17.8 Å². The summed E-state index contributed by atoms with van der Waals surface area (Å²) in [5.74, 6) is 0.0457. The molecule has 6 heteroatoms. The second-order valence-electron chi connectivity index (χ2n) is 7.26. The summed E-state index contributed by atoms with van der Waals surface area (Å²) >= 11 is 5.93. The number of piperidine rings is 1. The van der Waals surface area contributed by atoms with Crippen molar-refractivity contribution >= 4 is 23.7 Å². The molecule has 0 unspecified atom stereocenters. The molecule has 29 heavy (non-hydrogen) atoms. The quantitative estimate of drug-likeness (QED) is 0.409. The molecule has 5 nitrogen and oxygen atoms in total. The highest BCUT2D eigenvalue weighted by atomic mass is 35.5. The van der Waals surface area contributed by atoms with E-state index in [2.05, 4.69) is 22.0 Å². The van der Waals surface area contributed by atoms with Crippen LogP contribution in [0.25, 0.3) is 0 Å². The molecule has 152 valence electrons. The van der Waals surface area contributed by atoms with Crippen LogP contribution < -0.4 is 5.43 Å². The summed E-state index contributed by atoms with van der Waals surface area (Å²) in [5.41, 5.74) is 5.19. The Morgan fingerprint density at radius 2 is 1.97 bits per heavy atom. The number of para-hydroxylation sites is 1. The van der Waals surface area contributed by atoms with Crippen LogP contribution >= 0.6 is 11.6 Å². The summed E-state index contributed by atoms with van der Waals surface area (Å²) < 4.78 is 0. The third-order valence-corrected chi connectivity index (χ3v) is 5.42. The number of carbonyl (C=O) groups excluding carboxylic acids is 1. The van der Waals surface area contributed by atoms with Gasteiger partial charge in [0.1, 0.15) is 5.75 Å². The number of phenols is 1. The van der Waals surface area contributed by atoms with Gasteiger partial charge in [0.15, 0.2) is 0 Å². The Labute approximate surface area is 176 Å². The van der Waals surface area contributed by atoms with Gasteiger partial charge in [-0.3, -0.25) is 9.69 Å². The number of halogens is 1. The summed E-state index contributed by atoms with van der Waals surface area (Å²) in [6.07, 6.45) is 5.39. The summed E-state index contributed by atoms with van der Waals surface area (Å²) in [5, 5.41) is 15.0. The molecule has 2 aromatic rings. The van der Waals surface area contributed by atoms with E-state index in [4.69, 9.17) is 11.6 Å². The van der Waals surface area contributed by atoms with Gasteiger partial charge in [0.25, 0.3) is 0 Å². The molecule has 0 spiro atoms. The van der Waals surface area contributed by atoms with E-state index in [-0.39, 0.29) is 17.6 Å². The van der Waals surface area contributed by atoms with Gasteiger partial charge in [0.05, 0.1) is 6.21 Å². The molecule has 0 aromatic heterocycles. The first-order valence-electron chi connectivity index (χ1n) is 9.78. The number of carbonyl (C=O) groups is 1. The second kappa shape index (κ2) is 10.2. The highest BCUT2D eigenvalue weighted by Gasteiger charge is 2.24. The number of rotatable bonds is 7. The topological polar surface area (TPSA) is 64.9 Å². The van der Waals surface area contributed by atoms with Gasteiger partial charge in [-0.1, -0.05) is 41.9 Å². The van der Waals surface area contributed by atoms with E-state index in [0.717, 1.165) is 43.1 Å². The Morgan fingerprint density at radius 1 is 1.24 bits per heavy atom. The van der Waals surface area contributed by atoms with E-state index < -0.39 is 0 Å². The van der Waals surface area contributed by atoms with Gasteiger partial charge in [-0.2, -0.15) is 5.10 Å². The number of nitrogens with one attached hydrogen (secondary N) is 1.